The van der Waals surface area contributed by atoms with Gasteiger partial charge < -0.3 is 0 Å². The topological polar surface area (TPSA) is 96.4 Å². The molecule has 0 atom stereocenters. The quantitative estimate of drug-likeness (QED) is 0.284. The van der Waals surface area contributed by atoms with Crippen LogP contribution < -0.4 is 5.32 Å². The molecular weight excluding hydrogens is 506 g/mol. The Balaban J connectivity index is 1.62. The zero-order valence-electron chi connectivity index (χ0n) is 21.3. The van der Waals surface area contributed by atoms with Gasteiger partial charge in [0.25, 0.3) is 5.91 Å². The molecule has 1 aromatic heterocycles. The molecule has 0 aliphatic carbocycles. The average molecular weight is 536 g/mol. The van der Waals surface area contributed by atoms with Gasteiger partial charge in [-0.15, -0.1) is 0 Å². The van der Waals surface area contributed by atoms with Gasteiger partial charge in [0.05, 0.1) is 20.7 Å². The largest absolute Gasteiger partial charge is 0.298 e. The molecule has 3 aromatic carbocycles. The number of carbonyl (C=O) groups excluding carboxylic acids is 2. The fourth-order valence-electron chi connectivity index (χ4n) is 4.30. The number of anilines is 1. The van der Waals surface area contributed by atoms with Gasteiger partial charge in [0.2, 0.25) is 10.0 Å². The summed E-state index contributed by atoms with van der Waals surface area (Å²) in [6, 6.07) is 18.2. The van der Waals surface area contributed by atoms with Gasteiger partial charge in [-0.2, -0.15) is 4.31 Å². The first-order valence-corrected chi connectivity index (χ1v) is 14.2. The highest BCUT2D eigenvalue weighted by molar-refractivity contribution is 7.89. The van der Waals surface area contributed by atoms with E-state index in [0.29, 0.717) is 26.5 Å². The lowest BCUT2D eigenvalue weighted by Crippen LogP contribution is -2.41. The lowest BCUT2D eigenvalue weighted by atomic mass is 9.97. The first-order chi connectivity index (χ1) is 17.5. The van der Waals surface area contributed by atoms with E-state index in [4.69, 9.17) is 0 Å². The summed E-state index contributed by atoms with van der Waals surface area (Å²) in [4.78, 5) is 30.9. The predicted octanol–water partition coefficient (Wildman–Crippen LogP) is 5.90. The van der Waals surface area contributed by atoms with E-state index in [1.54, 1.807) is 48.5 Å². The molecule has 0 aliphatic rings. The number of nitrogens with zero attached hydrogens (tertiary/aromatic N) is 2. The van der Waals surface area contributed by atoms with Crippen molar-refractivity contribution in [3.05, 3.63) is 89.0 Å². The lowest BCUT2D eigenvalue weighted by Gasteiger charge is -2.29. The van der Waals surface area contributed by atoms with Crippen LogP contribution >= 0.6 is 11.3 Å². The number of nitrogens with one attached hydrogen (secondary N) is 1. The van der Waals surface area contributed by atoms with Crippen LogP contribution in [-0.2, 0) is 10.0 Å². The number of amides is 1. The van der Waals surface area contributed by atoms with Gasteiger partial charge in [-0.1, -0.05) is 59.4 Å². The molecule has 0 saturated heterocycles. The van der Waals surface area contributed by atoms with Crippen molar-refractivity contribution in [3.63, 3.8) is 0 Å². The van der Waals surface area contributed by atoms with E-state index in [-0.39, 0.29) is 28.3 Å². The number of fused-ring (bicyclic) bond motifs is 1. The minimum atomic E-state index is -3.70. The highest BCUT2D eigenvalue weighted by Gasteiger charge is 2.30. The molecule has 37 heavy (non-hydrogen) atoms. The van der Waals surface area contributed by atoms with Gasteiger partial charge in [0, 0.05) is 23.2 Å². The second kappa shape index (κ2) is 10.5. The minimum Gasteiger partial charge on any atom is -0.298 e. The number of ketones is 1. The van der Waals surface area contributed by atoms with Gasteiger partial charge in [0.15, 0.2) is 10.9 Å². The summed E-state index contributed by atoms with van der Waals surface area (Å²) in [5.74, 6) is -0.710. The van der Waals surface area contributed by atoms with Crippen LogP contribution in [0, 0.1) is 6.92 Å². The zero-order chi connectivity index (χ0) is 26.9. The predicted molar refractivity (Wildman–Crippen MR) is 148 cm³/mol. The van der Waals surface area contributed by atoms with E-state index in [0.717, 1.165) is 5.56 Å². The maximum absolute atomic E-state index is 13.3. The van der Waals surface area contributed by atoms with Gasteiger partial charge in [0.1, 0.15) is 0 Å². The Morgan fingerprint density at radius 2 is 1.51 bits per heavy atom. The van der Waals surface area contributed by atoms with Crippen LogP contribution in [0.15, 0.2) is 71.6 Å². The molecule has 192 valence electrons. The van der Waals surface area contributed by atoms with Gasteiger partial charge >= 0.3 is 0 Å². The van der Waals surface area contributed by atoms with Gasteiger partial charge in [-0.3, -0.25) is 14.9 Å². The maximum atomic E-state index is 13.3. The summed E-state index contributed by atoms with van der Waals surface area (Å²) in [6.45, 7) is 9.32. The number of sulfonamides is 1. The molecule has 0 bridgehead atoms. The van der Waals surface area contributed by atoms with Crippen molar-refractivity contribution in [1.82, 2.24) is 9.29 Å². The van der Waals surface area contributed by atoms with Crippen molar-refractivity contribution in [2.45, 2.75) is 51.6 Å². The average Bonchev–Trinajstić information content (AvgIpc) is 3.24. The Morgan fingerprint density at radius 1 is 0.892 bits per heavy atom. The summed E-state index contributed by atoms with van der Waals surface area (Å²) < 4.78 is 28.7. The number of hydrogen-bond acceptors (Lipinski definition) is 6. The van der Waals surface area contributed by atoms with Crippen molar-refractivity contribution in [1.29, 1.82) is 0 Å². The first-order valence-electron chi connectivity index (χ1n) is 11.9. The van der Waals surface area contributed by atoms with E-state index in [1.165, 1.54) is 21.7 Å². The molecule has 7 nitrogen and oxygen atoms in total. The summed E-state index contributed by atoms with van der Waals surface area (Å²) >= 11 is 1.18. The molecule has 4 aromatic rings. The summed E-state index contributed by atoms with van der Waals surface area (Å²) in [6.07, 6.45) is 0. The first kappa shape index (κ1) is 26.7. The molecule has 1 N–H and O–H groups in total. The van der Waals surface area contributed by atoms with Crippen LogP contribution in [0.1, 0.15) is 59.5 Å². The lowest BCUT2D eigenvalue weighted by molar-refractivity contribution is 0.0996. The van der Waals surface area contributed by atoms with Crippen molar-refractivity contribution < 1.29 is 18.0 Å². The highest BCUT2D eigenvalue weighted by atomic mass is 32.2. The van der Waals surface area contributed by atoms with Gasteiger partial charge in [-0.25, -0.2) is 13.4 Å². The molecule has 0 saturated carbocycles. The monoisotopic (exact) mass is 535 g/mol. The second-order valence-electron chi connectivity index (χ2n) is 9.37. The molecule has 0 spiro atoms. The number of aromatic nitrogens is 1. The Morgan fingerprint density at radius 3 is 2.14 bits per heavy atom. The minimum absolute atomic E-state index is 0.179. The third kappa shape index (κ3) is 5.49. The maximum Gasteiger partial charge on any atom is 0.258 e. The smallest absolute Gasteiger partial charge is 0.258 e. The number of thiazole rings is 1. The highest BCUT2D eigenvalue weighted by Crippen LogP contribution is 2.31. The molecule has 1 amide bonds. The van der Waals surface area contributed by atoms with Crippen molar-refractivity contribution in [3.8, 4) is 0 Å². The van der Waals surface area contributed by atoms with E-state index >= 15 is 0 Å². The Bertz CT molecular complexity index is 1560. The molecule has 0 radical (unpaired) electrons. The van der Waals surface area contributed by atoms with E-state index in [1.807, 2.05) is 46.8 Å². The van der Waals surface area contributed by atoms with Crippen LogP contribution in [-0.4, -0.2) is 41.5 Å². The van der Waals surface area contributed by atoms with Crippen LogP contribution in [0.2, 0.25) is 0 Å². The van der Waals surface area contributed by atoms with E-state index in [9.17, 15) is 18.0 Å². The number of benzene rings is 3. The Kier molecular flexibility index (Phi) is 7.59. The van der Waals surface area contributed by atoms with E-state index in [2.05, 4.69) is 10.3 Å². The summed E-state index contributed by atoms with van der Waals surface area (Å²) in [5, 5.41) is 3.09. The van der Waals surface area contributed by atoms with Crippen molar-refractivity contribution in [2.75, 3.05) is 5.32 Å². The zero-order valence-corrected chi connectivity index (χ0v) is 23.0. The van der Waals surface area contributed by atoms with Crippen molar-refractivity contribution >= 4 is 48.4 Å². The third-order valence-electron chi connectivity index (χ3n) is 5.90. The summed E-state index contributed by atoms with van der Waals surface area (Å²) in [5.41, 5.74) is 2.64. The number of hydrogen-bond donors (Lipinski definition) is 1. The standard InChI is InChI=1S/C28H29N3O4S2/c1-17(2)31(18(3)4)37(34,35)21-14-15-24-25(16-21)36-28(29-24)30-27(33)23-9-7-6-8-22(23)26(32)20-12-10-19(5)11-13-20/h6-18H,1-5H3,(H,29,30,33). The normalized spacial score (nSPS) is 12.0. The molecule has 9 heteroatoms. The van der Waals surface area contributed by atoms with Crippen molar-refractivity contribution in [2.24, 2.45) is 0 Å². The van der Waals surface area contributed by atoms with E-state index < -0.39 is 15.9 Å². The second-order valence-corrected chi connectivity index (χ2v) is 12.2. The Hall–Kier alpha value is -3.40. The fraction of sp³-hybridized carbons (Fsp3) is 0.250. The van der Waals surface area contributed by atoms with Gasteiger partial charge in [-0.05, 0) is 58.9 Å². The molecule has 0 unspecified atom stereocenters. The molecule has 4 rings (SSSR count). The molecule has 1 heterocycles. The number of aryl methyl sites for hydroxylation is 1. The summed E-state index contributed by atoms with van der Waals surface area (Å²) in [7, 11) is -3.70. The third-order valence-corrected chi connectivity index (χ3v) is 9.09. The molecule has 0 fully saturated rings. The van der Waals surface area contributed by atoms with Crippen LogP contribution in [0.25, 0.3) is 10.2 Å². The van der Waals surface area contributed by atoms with Crippen LogP contribution in [0.5, 0.6) is 0 Å². The number of rotatable bonds is 8. The SMILES string of the molecule is Cc1ccc(C(=O)c2ccccc2C(=O)Nc2nc3ccc(S(=O)(=O)N(C(C)C)C(C)C)cc3s2)cc1. The Labute approximate surface area is 221 Å². The molecule has 0 aliphatic heterocycles. The van der Waals surface area contributed by atoms with Crippen LogP contribution in [0.4, 0.5) is 5.13 Å². The fourth-order valence-corrected chi connectivity index (χ4v) is 7.13. The van der Waals surface area contributed by atoms with Crippen LogP contribution in [0.3, 0.4) is 0 Å². The molecular formula is C28H29N3O4S2. The number of carbonyl (C=O) groups is 2.